The molecule has 31 heavy (non-hydrogen) atoms. The number of hydrogen-bond donors (Lipinski definition) is 0. The van der Waals surface area contributed by atoms with Crippen molar-refractivity contribution in [1.82, 2.24) is 0 Å². The van der Waals surface area contributed by atoms with Crippen LogP contribution in [0, 0.1) is 11.6 Å². The first-order valence-electron chi connectivity index (χ1n) is 9.38. The number of benzene rings is 3. The Kier molecular flexibility index (Phi) is 7.22. The number of carbonyl (C=O) groups excluding carboxylic acids is 3. The fraction of sp³-hybridized carbons (Fsp3) is 0.125. The molecule has 0 aliphatic carbocycles. The molecule has 158 valence electrons. The Bertz CT molecular complexity index is 1080. The molecule has 0 spiro atoms. The molecule has 3 rings (SSSR count). The van der Waals surface area contributed by atoms with Crippen molar-refractivity contribution in [2.45, 2.75) is 18.9 Å². The van der Waals surface area contributed by atoms with E-state index in [4.69, 9.17) is 9.47 Å². The van der Waals surface area contributed by atoms with Gasteiger partial charge in [0.1, 0.15) is 11.6 Å². The van der Waals surface area contributed by atoms with Crippen LogP contribution in [0.3, 0.4) is 0 Å². The van der Waals surface area contributed by atoms with Crippen LogP contribution in [-0.2, 0) is 36.7 Å². The van der Waals surface area contributed by atoms with Crippen molar-refractivity contribution >= 4 is 17.9 Å². The average molecular weight is 424 g/mol. The Morgan fingerprint density at radius 2 is 1.26 bits per heavy atom. The number of ether oxygens (including phenoxy) is 2. The molecule has 1 atom stereocenters. The molecule has 0 bridgehead atoms. The van der Waals surface area contributed by atoms with E-state index in [0.717, 1.165) is 6.07 Å². The molecule has 0 aliphatic rings. The number of rotatable bonds is 7. The van der Waals surface area contributed by atoms with Crippen LogP contribution in [0.2, 0.25) is 0 Å². The van der Waals surface area contributed by atoms with E-state index in [1.54, 1.807) is 36.4 Å². The van der Waals surface area contributed by atoms with Crippen LogP contribution in [0.4, 0.5) is 8.78 Å². The normalized spacial score (nSPS) is 11.4. The van der Waals surface area contributed by atoms with E-state index in [0.29, 0.717) is 16.7 Å². The number of esters is 3. The van der Waals surface area contributed by atoms with Gasteiger partial charge in [0.2, 0.25) is 6.10 Å². The van der Waals surface area contributed by atoms with E-state index in [9.17, 15) is 23.2 Å². The summed E-state index contributed by atoms with van der Waals surface area (Å²) in [6.07, 6.45) is -2.09. The lowest BCUT2D eigenvalue weighted by Gasteiger charge is -2.17. The second kappa shape index (κ2) is 10.2. The Morgan fingerprint density at radius 3 is 1.81 bits per heavy atom. The molecule has 0 aliphatic heterocycles. The van der Waals surface area contributed by atoms with Gasteiger partial charge in [-0.3, -0.25) is 9.59 Å². The number of halogens is 2. The Morgan fingerprint density at radius 1 is 0.710 bits per heavy atom. The van der Waals surface area contributed by atoms with Gasteiger partial charge >= 0.3 is 17.9 Å². The Labute approximate surface area is 177 Å². The average Bonchev–Trinajstić information content (AvgIpc) is 2.72. The summed E-state index contributed by atoms with van der Waals surface area (Å²) in [7, 11) is 0. The summed E-state index contributed by atoms with van der Waals surface area (Å²) in [5, 5.41) is 0. The standard InChI is InChI=1S/C24H18F2O5/c25-19-10-4-6-16(12-19)14-21(27)30-23(18-8-2-1-3-9-18)24(29)31-22(28)15-17-7-5-11-20(26)13-17/h1-13,23H,14-15H2. The minimum absolute atomic E-state index is 0.272. The third-order valence-corrected chi connectivity index (χ3v) is 4.26. The molecule has 0 radical (unpaired) electrons. The zero-order valence-corrected chi connectivity index (χ0v) is 16.3. The van der Waals surface area contributed by atoms with Crippen molar-refractivity contribution in [2.75, 3.05) is 0 Å². The van der Waals surface area contributed by atoms with Gasteiger partial charge < -0.3 is 9.47 Å². The number of carbonyl (C=O) groups is 3. The molecular formula is C24H18F2O5. The maximum Gasteiger partial charge on any atom is 0.359 e. The van der Waals surface area contributed by atoms with E-state index in [-0.39, 0.29) is 12.8 Å². The lowest BCUT2D eigenvalue weighted by molar-refractivity contribution is -0.174. The minimum atomic E-state index is -1.49. The summed E-state index contributed by atoms with van der Waals surface area (Å²) in [4.78, 5) is 37.1. The second-order valence-corrected chi connectivity index (χ2v) is 6.69. The zero-order valence-electron chi connectivity index (χ0n) is 16.3. The quantitative estimate of drug-likeness (QED) is 0.422. The summed E-state index contributed by atoms with van der Waals surface area (Å²) >= 11 is 0. The summed E-state index contributed by atoms with van der Waals surface area (Å²) in [5.74, 6) is -3.83. The summed E-state index contributed by atoms with van der Waals surface area (Å²) in [6.45, 7) is 0. The van der Waals surface area contributed by atoms with Crippen molar-refractivity contribution < 1.29 is 32.6 Å². The Hall–Kier alpha value is -3.87. The monoisotopic (exact) mass is 424 g/mol. The van der Waals surface area contributed by atoms with Gasteiger partial charge in [-0.05, 0) is 35.4 Å². The summed E-state index contributed by atoms with van der Waals surface area (Å²) < 4.78 is 36.7. The predicted octanol–water partition coefficient (Wildman–Crippen LogP) is 4.10. The van der Waals surface area contributed by atoms with Gasteiger partial charge in [0.05, 0.1) is 12.8 Å². The van der Waals surface area contributed by atoms with Crippen LogP contribution >= 0.6 is 0 Å². The van der Waals surface area contributed by atoms with Gasteiger partial charge in [0.25, 0.3) is 0 Å². The molecule has 5 nitrogen and oxygen atoms in total. The van der Waals surface area contributed by atoms with Crippen molar-refractivity contribution in [3.05, 3.63) is 107 Å². The fourth-order valence-electron chi connectivity index (χ4n) is 2.88. The molecule has 0 fully saturated rings. The minimum Gasteiger partial charge on any atom is -0.445 e. The van der Waals surface area contributed by atoms with Gasteiger partial charge in [-0.1, -0.05) is 54.6 Å². The van der Waals surface area contributed by atoms with Crippen molar-refractivity contribution in [2.24, 2.45) is 0 Å². The summed E-state index contributed by atoms with van der Waals surface area (Å²) in [5.41, 5.74) is 1.00. The second-order valence-electron chi connectivity index (χ2n) is 6.69. The highest BCUT2D eigenvalue weighted by molar-refractivity contribution is 5.90. The fourth-order valence-corrected chi connectivity index (χ4v) is 2.88. The van der Waals surface area contributed by atoms with Gasteiger partial charge in [-0.15, -0.1) is 0 Å². The molecule has 3 aromatic rings. The predicted molar refractivity (Wildman–Crippen MR) is 107 cm³/mol. The van der Waals surface area contributed by atoms with Crippen molar-refractivity contribution in [3.8, 4) is 0 Å². The Balaban J connectivity index is 1.70. The van der Waals surface area contributed by atoms with E-state index in [1.165, 1.54) is 36.4 Å². The molecule has 0 amide bonds. The van der Waals surface area contributed by atoms with Gasteiger partial charge in [0, 0.05) is 5.56 Å². The van der Waals surface area contributed by atoms with Crippen LogP contribution in [0.1, 0.15) is 22.8 Å². The molecule has 3 aromatic carbocycles. The van der Waals surface area contributed by atoms with E-state index < -0.39 is 35.6 Å². The molecule has 0 heterocycles. The van der Waals surface area contributed by atoms with Crippen LogP contribution in [-0.4, -0.2) is 17.9 Å². The van der Waals surface area contributed by atoms with Crippen LogP contribution in [0.25, 0.3) is 0 Å². The largest absolute Gasteiger partial charge is 0.445 e. The highest BCUT2D eigenvalue weighted by Gasteiger charge is 2.28. The molecule has 7 heteroatoms. The van der Waals surface area contributed by atoms with Gasteiger partial charge in [0.15, 0.2) is 0 Å². The number of hydrogen-bond acceptors (Lipinski definition) is 5. The third-order valence-electron chi connectivity index (χ3n) is 4.26. The van der Waals surface area contributed by atoms with Crippen LogP contribution in [0.15, 0.2) is 78.9 Å². The first kappa shape index (κ1) is 21.8. The molecule has 0 saturated heterocycles. The first-order valence-corrected chi connectivity index (χ1v) is 9.38. The molecule has 0 N–H and O–H groups in total. The third kappa shape index (κ3) is 6.57. The van der Waals surface area contributed by atoms with Crippen molar-refractivity contribution in [1.29, 1.82) is 0 Å². The van der Waals surface area contributed by atoms with Crippen LogP contribution < -0.4 is 0 Å². The van der Waals surface area contributed by atoms with Gasteiger partial charge in [-0.25, -0.2) is 13.6 Å². The highest BCUT2D eigenvalue weighted by atomic mass is 19.1. The zero-order chi connectivity index (χ0) is 22.2. The summed E-state index contributed by atoms with van der Waals surface area (Å²) in [6, 6.07) is 18.8. The molecule has 1 unspecified atom stereocenters. The molecular weight excluding hydrogens is 406 g/mol. The lowest BCUT2D eigenvalue weighted by atomic mass is 10.1. The SMILES string of the molecule is O=C(Cc1cccc(F)c1)OC(=O)C(OC(=O)Cc1cccc(F)c1)c1ccccc1. The van der Waals surface area contributed by atoms with E-state index >= 15 is 0 Å². The van der Waals surface area contributed by atoms with Crippen molar-refractivity contribution in [3.63, 3.8) is 0 Å². The van der Waals surface area contributed by atoms with Gasteiger partial charge in [-0.2, -0.15) is 0 Å². The maximum absolute atomic E-state index is 13.3. The smallest absolute Gasteiger partial charge is 0.359 e. The molecule has 0 aromatic heterocycles. The first-order chi connectivity index (χ1) is 14.9. The van der Waals surface area contributed by atoms with E-state index in [2.05, 4.69) is 0 Å². The van der Waals surface area contributed by atoms with Crippen LogP contribution in [0.5, 0.6) is 0 Å². The van der Waals surface area contributed by atoms with E-state index in [1.807, 2.05) is 0 Å². The lowest BCUT2D eigenvalue weighted by Crippen LogP contribution is -2.25. The topological polar surface area (TPSA) is 69.7 Å². The molecule has 0 saturated carbocycles. The highest BCUT2D eigenvalue weighted by Crippen LogP contribution is 2.21. The maximum atomic E-state index is 13.3.